The van der Waals surface area contributed by atoms with E-state index < -0.39 is 23.8 Å². The number of fused-ring (bicyclic) bond motifs is 2. The van der Waals surface area contributed by atoms with Crippen molar-refractivity contribution in [3.8, 4) is 11.5 Å². The molecule has 51 heavy (non-hydrogen) atoms. The molecule has 2 amide bonds. The van der Waals surface area contributed by atoms with Crippen molar-refractivity contribution in [3.05, 3.63) is 99.5 Å². The van der Waals surface area contributed by atoms with E-state index in [1.54, 1.807) is 15.9 Å². The van der Waals surface area contributed by atoms with Gasteiger partial charge in [-0.15, -0.1) is 0 Å². The van der Waals surface area contributed by atoms with Crippen LogP contribution in [0.25, 0.3) is 5.57 Å². The van der Waals surface area contributed by atoms with Gasteiger partial charge < -0.3 is 29.7 Å². The molecule has 13 heteroatoms. The first-order valence-electron chi connectivity index (χ1n) is 17.0. The van der Waals surface area contributed by atoms with Crippen LogP contribution >= 0.6 is 15.9 Å². The minimum absolute atomic E-state index is 0.0211. The number of amides is 2. The highest BCUT2D eigenvalue weighted by Gasteiger charge is 2.43. The van der Waals surface area contributed by atoms with Crippen molar-refractivity contribution < 1.29 is 42.1 Å². The fraction of sp³-hybridized carbons (Fsp3) is 0.395. The van der Waals surface area contributed by atoms with Gasteiger partial charge in [-0.2, -0.15) is 13.2 Å². The maximum absolute atomic E-state index is 14.6. The number of ether oxygens (including phenoxy) is 2. The second kappa shape index (κ2) is 15.9. The largest absolute Gasteiger partial charge is 0.490 e. The van der Waals surface area contributed by atoms with Gasteiger partial charge in [-0.3, -0.25) is 14.4 Å². The van der Waals surface area contributed by atoms with Crippen molar-refractivity contribution in [2.24, 2.45) is 0 Å². The number of benzene rings is 3. The molecule has 0 unspecified atom stereocenters. The SMILES string of the molecule is O=C(O)CCCC(=O)N1C[C@H]2CC(c3ccc(OCCOc4ccc(Br)cc4)cc3)=C(C(=O)N(Cc3cccc(C(F)(F)F)c3)C3CC3)[C@@H](C1)N2. The zero-order chi connectivity index (χ0) is 36.1. The van der Waals surface area contributed by atoms with Crippen LogP contribution in [0, 0.1) is 0 Å². The molecule has 6 rings (SSSR count). The molecular weight excluding hydrogens is 731 g/mol. The van der Waals surface area contributed by atoms with Gasteiger partial charge in [0.25, 0.3) is 5.91 Å². The van der Waals surface area contributed by atoms with Crippen molar-refractivity contribution in [3.63, 3.8) is 0 Å². The first kappa shape index (κ1) is 36.4. The van der Waals surface area contributed by atoms with Gasteiger partial charge in [-0.25, -0.2) is 0 Å². The maximum atomic E-state index is 14.6. The molecule has 9 nitrogen and oxygen atoms in total. The third-order valence-electron chi connectivity index (χ3n) is 9.26. The van der Waals surface area contributed by atoms with Crippen LogP contribution in [0.3, 0.4) is 0 Å². The minimum atomic E-state index is -4.51. The Kier molecular flexibility index (Phi) is 11.4. The second-order valence-electron chi connectivity index (χ2n) is 13.1. The average Bonchev–Trinajstić information content (AvgIpc) is 3.95. The average molecular weight is 771 g/mol. The monoisotopic (exact) mass is 769 g/mol. The number of carboxylic acid groups (broad SMARTS) is 1. The Hall–Kier alpha value is -4.36. The Morgan fingerprint density at radius 1 is 0.922 bits per heavy atom. The Balaban J connectivity index is 1.24. The number of halogens is 4. The molecule has 1 saturated carbocycles. The molecule has 3 aromatic carbocycles. The summed E-state index contributed by atoms with van der Waals surface area (Å²) in [7, 11) is 0. The second-order valence-corrected chi connectivity index (χ2v) is 14.0. The van der Waals surface area contributed by atoms with Crippen LogP contribution in [-0.4, -0.2) is 77.1 Å². The van der Waals surface area contributed by atoms with Gasteiger partial charge in [0.05, 0.1) is 11.6 Å². The number of nitrogens with zero attached hydrogens (tertiary/aromatic N) is 2. The summed E-state index contributed by atoms with van der Waals surface area (Å²) in [5.41, 5.74) is 1.76. The minimum Gasteiger partial charge on any atom is -0.490 e. The van der Waals surface area contributed by atoms with E-state index in [9.17, 15) is 27.6 Å². The smallest absolute Gasteiger partial charge is 0.416 e. The highest BCUT2D eigenvalue weighted by molar-refractivity contribution is 9.10. The van der Waals surface area contributed by atoms with Gasteiger partial charge in [0.2, 0.25) is 5.91 Å². The fourth-order valence-corrected chi connectivity index (χ4v) is 6.94. The van der Waals surface area contributed by atoms with Crippen molar-refractivity contribution >= 4 is 39.3 Å². The predicted molar refractivity (Wildman–Crippen MR) is 187 cm³/mol. The summed E-state index contributed by atoms with van der Waals surface area (Å²) in [5, 5.41) is 12.6. The zero-order valence-corrected chi connectivity index (χ0v) is 29.4. The van der Waals surface area contributed by atoms with Crippen molar-refractivity contribution in [2.45, 2.75) is 69.4 Å². The summed E-state index contributed by atoms with van der Waals surface area (Å²) >= 11 is 3.40. The number of carboxylic acids is 1. The van der Waals surface area contributed by atoms with E-state index in [2.05, 4.69) is 21.2 Å². The maximum Gasteiger partial charge on any atom is 0.416 e. The van der Waals surface area contributed by atoms with Gasteiger partial charge in [0.15, 0.2) is 0 Å². The van der Waals surface area contributed by atoms with Crippen LogP contribution in [-0.2, 0) is 27.1 Å². The third kappa shape index (κ3) is 9.50. The van der Waals surface area contributed by atoms with Gasteiger partial charge in [0, 0.05) is 54.6 Å². The first-order chi connectivity index (χ1) is 24.4. The van der Waals surface area contributed by atoms with Crippen molar-refractivity contribution in [1.29, 1.82) is 0 Å². The highest BCUT2D eigenvalue weighted by atomic mass is 79.9. The molecule has 0 radical (unpaired) electrons. The van der Waals surface area contributed by atoms with Crippen LogP contribution in [0.15, 0.2) is 82.8 Å². The molecule has 2 aliphatic heterocycles. The van der Waals surface area contributed by atoms with Crippen LogP contribution in [0.2, 0.25) is 0 Å². The van der Waals surface area contributed by atoms with Gasteiger partial charge in [0.1, 0.15) is 24.7 Å². The summed E-state index contributed by atoms with van der Waals surface area (Å²) in [6, 6.07) is 19.3. The first-order valence-corrected chi connectivity index (χ1v) is 17.8. The lowest BCUT2D eigenvalue weighted by atomic mass is 9.82. The van der Waals surface area contributed by atoms with E-state index in [4.69, 9.17) is 14.6 Å². The molecule has 1 saturated heterocycles. The zero-order valence-electron chi connectivity index (χ0n) is 27.8. The van der Waals surface area contributed by atoms with Crippen LogP contribution in [0.1, 0.15) is 55.2 Å². The van der Waals surface area contributed by atoms with E-state index >= 15 is 0 Å². The molecule has 1 aliphatic carbocycles. The number of alkyl halides is 3. The number of piperazine rings is 1. The highest BCUT2D eigenvalue weighted by Crippen LogP contribution is 2.38. The number of hydrogen-bond acceptors (Lipinski definition) is 6. The Morgan fingerprint density at radius 2 is 1.59 bits per heavy atom. The van der Waals surface area contributed by atoms with E-state index in [1.807, 2.05) is 48.5 Å². The number of carbonyl (C=O) groups excluding carboxylic acids is 2. The molecule has 2 fully saturated rings. The molecule has 2 heterocycles. The quantitative estimate of drug-likeness (QED) is 0.176. The van der Waals surface area contributed by atoms with Crippen LogP contribution in [0.5, 0.6) is 11.5 Å². The number of aliphatic carboxylic acids is 1. The fourth-order valence-electron chi connectivity index (χ4n) is 6.67. The normalized spacial score (nSPS) is 18.7. The van der Waals surface area contributed by atoms with Gasteiger partial charge >= 0.3 is 12.1 Å². The van der Waals surface area contributed by atoms with E-state index in [-0.39, 0.29) is 56.3 Å². The number of nitrogens with one attached hydrogen (secondary N) is 1. The standard InChI is InChI=1S/C38H39BrF3N3O6/c39-27-9-15-31(16-10-27)51-18-17-50-30-13-7-25(8-14-30)32-20-28-22-44(34(46)5-2-6-35(47)48)23-33(43-28)36(32)37(49)45(29-11-12-29)21-24-3-1-4-26(19-24)38(40,41)42/h1,3-4,7-10,13-16,19,28-29,33,43H,2,5-6,11-12,17-18,20-23H2,(H,47,48)/t28-,33-/m1/s1. The van der Waals surface area contributed by atoms with Crippen LogP contribution < -0.4 is 14.8 Å². The number of hydrogen-bond donors (Lipinski definition) is 2. The summed E-state index contributed by atoms with van der Waals surface area (Å²) < 4.78 is 53.3. The molecule has 3 aliphatic rings. The number of rotatable bonds is 14. The molecule has 2 bridgehead atoms. The lowest BCUT2D eigenvalue weighted by Gasteiger charge is -2.45. The van der Waals surface area contributed by atoms with E-state index in [0.29, 0.717) is 43.1 Å². The molecule has 0 spiro atoms. The van der Waals surface area contributed by atoms with Gasteiger partial charge in [-0.1, -0.05) is 40.2 Å². The lowest BCUT2D eigenvalue weighted by Crippen LogP contribution is -2.62. The molecule has 2 N–H and O–H groups in total. The Morgan fingerprint density at radius 3 is 2.22 bits per heavy atom. The molecule has 0 aromatic heterocycles. The summed E-state index contributed by atoms with van der Waals surface area (Å²) in [5.74, 6) is -0.0514. The molecule has 2 atom stereocenters. The summed E-state index contributed by atoms with van der Waals surface area (Å²) in [6.45, 7) is 1.31. The van der Waals surface area contributed by atoms with Gasteiger partial charge in [-0.05, 0) is 90.9 Å². The molecule has 3 aromatic rings. The number of carbonyl (C=O) groups is 3. The Bertz CT molecular complexity index is 1760. The summed E-state index contributed by atoms with van der Waals surface area (Å²) in [6.07, 6.45) is -2.36. The summed E-state index contributed by atoms with van der Waals surface area (Å²) in [4.78, 5) is 42.2. The molecule has 270 valence electrons. The van der Waals surface area contributed by atoms with Crippen molar-refractivity contribution in [2.75, 3.05) is 26.3 Å². The van der Waals surface area contributed by atoms with E-state index in [1.165, 1.54) is 6.07 Å². The topological polar surface area (TPSA) is 108 Å². The lowest BCUT2D eigenvalue weighted by molar-refractivity contribution is -0.139. The Labute approximate surface area is 302 Å². The van der Waals surface area contributed by atoms with Crippen LogP contribution in [0.4, 0.5) is 13.2 Å². The third-order valence-corrected chi connectivity index (χ3v) is 9.79. The van der Waals surface area contributed by atoms with E-state index in [0.717, 1.165) is 46.3 Å². The van der Waals surface area contributed by atoms with Crippen molar-refractivity contribution in [1.82, 2.24) is 15.1 Å². The predicted octanol–water partition coefficient (Wildman–Crippen LogP) is 6.70. The molecular formula is C38H39BrF3N3O6.